The highest BCUT2D eigenvalue weighted by atomic mass is 16.3. The second kappa shape index (κ2) is 5.04. The number of nitrogens with zero attached hydrogens (tertiary/aromatic N) is 2. The first-order valence-electron chi connectivity index (χ1n) is 6.72. The summed E-state index contributed by atoms with van der Waals surface area (Å²) < 4.78 is 5.27. The van der Waals surface area contributed by atoms with Crippen LogP contribution in [0.25, 0.3) is 0 Å². The number of carbonyl (C=O) groups is 2. The van der Waals surface area contributed by atoms with E-state index in [0.717, 1.165) is 4.90 Å². The van der Waals surface area contributed by atoms with E-state index in [4.69, 9.17) is 9.68 Å². The monoisotopic (exact) mass is 295 g/mol. The zero-order valence-corrected chi connectivity index (χ0v) is 11.9. The molecule has 0 aliphatic carbocycles. The molecule has 2 aromatic rings. The molecule has 0 radical (unpaired) electrons. The molecule has 1 aromatic heterocycles. The number of hydrogen-bond donors (Lipinski definition) is 1. The van der Waals surface area contributed by atoms with Crippen LogP contribution >= 0.6 is 0 Å². The van der Waals surface area contributed by atoms with Gasteiger partial charge in [0, 0.05) is 0 Å². The number of nitriles is 1. The van der Waals surface area contributed by atoms with Crippen LogP contribution in [0.15, 0.2) is 47.1 Å². The van der Waals surface area contributed by atoms with Gasteiger partial charge in [-0.2, -0.15) is 5.26 Å². The number of imide groups is 1. The number of benzene rings is 1. The van der Waals surface area contributed by atoms with E-state index >= 15 is 0 Å². The lowest BCUT2D eigenvalue weighted by Gasteiger charge is -2.19. The average Bonchev–Trinajstić information content (AvgIpc) is 3.12. The molecule has 2 heterocycles. The molecule has 1 aliphatic rings. The first kappa shape index (κ1) is 13.9. The number of rotatable bonds is 3. The quantitative estimate of drug-likeness (QED) is 0.879. The minimum atomic E-state index is -1.20. The lowest BCUT2D eigenvalue weighted by molar-refractivity contribution is -0.132. The van der Waals surface area contributed by atoms with Crippen molar-refractivity contribution in [2.45, 2.75) is 19.0 Å². The lowest BCUT2D eigenvalue weighted by Crippen LogP contribution is -2.40. The molecule has 6 nitrogen and oxygen atoms in total. The third-order valence-corrected chi connectivity index (χ3v) is 3.69. The van der Waals surface area contributed by atoms with Gasteiger partial charge in [-0.15, -0.1) is 0 Å². The van der Waals surface area contributed by atoms with Gasteiger partial charge in [-0.3, -0.25) is 9.69 Å². The Balaban J connectivity index is 1.88. The first-order chi connectivity index (χ1) is 10.5. The highest BCUT2D eigenvalue weighted by Crippen LogP contribution is 2.30. The van der Waals surface area contributed by atoms with Gasteiger partial charge in [0.25, 0.3) is 5.91 Å². The maximum absolute atomic E-state index is 12.6. The molecule has 3 amide bonds. The van der Waals surface area contributed by atoms with Crippen molar-refractivity contribution in [2.24, 2.45) is 0 Å². The minimum Gasteiger partial charge on any atom is -0.466 e. The Morgan fingerprint density at radius 3 is 2.82 bits per heavy atom. The van der Waals surface area contributed by atoms with Gasteiger partial charge in [-0.25, -0.2) is 4.79 Å². The van der Waals surface area contributed by atoms with Crippen molar-refractivity contribution < 1.29 is 14.0 Å². The fraction of sp³-hybridized carbons (Fsp3) is 0.188. The minimum absolute atomic E-state index is 0.108. The Morgan fingerprint density at radius 1 is 1.32 bits per heavy atom. The summed E-state index contributed by atoms with van der Waals surface area (Å²) in [5, 5.41) is 11.6. The van der Waals surface area contributed by atoms with Gasteiger partial charge in [-0.1, -0.05) is 12.1 Å². The van der Waals surface area contributed by atoms with Crippen LogP contribution in [0.5, 0.6) is 0 Å². The van der Waals surface area contributed by atoms with Crippen LogP contribution in [0.3, 0.4) is 0 Å². The summed E-state index contributed by atoms with van der Waals surface area (Å²) >= 11 is 0. The van der Waals surface area contributed by atoms with Crippen molar-refractivity contribution in [3.05, 3.63) is 59.5 Å². The Kier molecular flexibility index (Phi) is 3.18. The summed E-state index contributed by atoms with van der Waals surface area (Å²) in [6.45, 7) is 1.72. The smallest absolute Gasteiger partial charge is 0.325 e. The van der Waals surface area contributed by atoms with Gasteiger partial charge < -0.3 is 9.73 Å². The predicted molar refractivity (Wildman–Crippen MR) is 76.3 cm³/mol. The maximum atomic E-state index is 12.6. The highest BCUT2D eigenvalue weighted by Gasteiger charge is 2.50. The standard InChI is InChI=1S/C16H13N3O3/c1-16(13-6-3-7-22-13)14(20)19(15(21)18-16)10-12-5-2-4-11(8-12)9-17/h2-8H,10H2,1H3,(H,18,21)/t16-/m1/s1. The highest BCUT2D eigenvalue weighted by molar-refractivity contribution is 6.06. The van der Waals surface area contributed by atoms with Gasteiger partial charge in [0.2, 0.25) is 0 Å². The fourth-order valence-electron chi connectivity index (χ4n) is 2.49. The van der Waals surface area contributed by atoms with E-state index < -0.39 is 11.6 Å². The van der Waals surface area contributed by atoms with Gasteiger partial charge in [0.1, 0.15) is 5.76 Å². The van der Waals surface area contributed by atoms with Crippen LogP contribution < -0.4 is 5.32 Å². The normalized spacial score (nSPS) is 20.8. The summed E-state index contributed by atoms with van der Waals surface area (Å²) in [5.41, 5.74) is -0.00227. The number of urea groups is 1. The lowest BCUT2D eigenvalue weighted by atomic mass is 9.99. The summed E-state index contributed by atoms with van der Waals surface area (Å²) in [6, 6.07) is 11.7. The van der Waals surface area contributed by atoms with Crippen LogP contribution in [0, 0.1) is 11.3 Å². The fourth-order valence-corrected chi connectivity index (χ4v) is 2.49. The number of amides is 3. The van der Waals surface area contributed by atoms with E-state index in [9.17, 15) is 9.59 Å². The van der Waals surface area contributed by atoms with Crippen molar-refractivity contribution >= 4 is 11.9 Å². The molecule has 0 saturated carbocycles. The third kappa shape index (κ3) is 2.13. The second-order valence-electron chi connectivity index (χ2n) is 5.24. The summed E-state index contributed by atoms with van der Waals surface area (Å²) in [4.78, 5) is 25.9. The van der Waals surface area contributed by atoms with Gasteiger partial charge in [-0.05, 0) is 36.8 Å². The molecule has 1 fully saturated rings. The van der Waals surface area contributed by atoms with Crippen molar-refractivity contribution in [2.75, 3.05) is 0 Å². The van der Waals surface area contributed by atoms with Gasteiger partial charge in [0.15, 0.2) is 5.54 Å². The largest absolute Gasteiger partial charge is 0.466 e. The van der Waals surface area contributed by atoms with Gasteiger partial charge in [0.05, 0.1) is 24.4 Å². The maximum Gasteiger partial charge on any atom is 0.325 e. The van der Waals surface area contributed by atoms with Crippen LogP contribution in [-0.4, -0.2) is 16.8 Å². The molecule has 3 rings (SSSR count). The van der Waals surface area contributed by atoms with E-state index in [0.29, 0.717) is 16.9 Å². The van der Waals surface area contributed by atoms with Crippen LogP contribution in [0.1, 0.15) is 23.8 Å². The molecule has 0 unspecified atom stereocenters. The molecule has 1 aliphatic heterocycles. The van der Waals surface area contributed by atoms with E-state index in [2.05, 4.69) is 5.32 Å². The molecule has 0 bridgehead atoms. The van der Waals surface area contributed by atoms with Gasteiger partial charge >= 0.3 is 6.03 Å². The summed E-state index contributed by atoms with van der Waals surface area (Å²) in [5.74, 6) is 0.00827. The van der Waals surface area contributed by atoms with Crippen LogP contribution in [0.2, 0.25) is 0 Å². The summed E-state index contributed by atoms with van der Waals surface area (Å²) in [6.07, 6.45) is 1.46. The van der Waals surface area contributed by atoms with E-state index in [1.807, 2.05) is 6.07 Å². The third-order valence-electron chi connectivity index (χ3n) is 3.69. The molecule has 0 spiro atoms. The average molecular weight is 295 g/mol. The van der Waals surface area contributed by atoms with Crippen LogP contribution in [0.4, 0.5) is 4.79 Å². The number of carbonyl (C=O) groups excluding carboxylic acids is 2. The van der Waals surface area contributed by atoms with Crippen molar-refractivity contribution in [3.63, 3.8) is 0 Å². The molecule has 110 valence electrons. The molecule has 1 aromatic carbocycles. The SMILES string of the molecule is C[C@]1(c2ccco2)NC(=O)N(Cc2cccc(C#N)c2)C1=O. The van der Waals surface area contributed by atoms with Crippen molar-refractivity contribution in [1.29, 1.82) is 5.26 Å². The Hall–Kier alpha value is -3.07. The molecule has 6 heteroatoms. The molecule has 1 N–H and O–H groups in total. The Bertz CT molecular complexity index is 776. The van der Waals surface area contributed by atoms with E-state index in [-0.39, 0.29) is 12.5 Å². The van der Waals surface area contributed by atoms with E-state index in [1.54, 1.807) is 43.3 Å². The molecular weight excluding hydrogens is 282 g/mol. The number of furan rings is 1. The second-order valence-corrected chi connectivity index (χ2v) is 5.24. The zero-order valence-electron chi connectivity index (χ0n) is 11.9. The van der Waals surface area contributed by atoms with Crippen LogP contribution in [-0.2, 0) is 16.9 Å². The number of hydrogen-bond acceptors (Lipinski definition) is 4. The topological polar surface area (TPSA) is 86.3 Å². The first-order valence-corrected chi connectivity index (χ1v) is 6.72. The number of nitrogens with one attached hydrogen (secondary N) is 1. The molecule has 1 saturated heterocycles. The zero-order chi connectivity index (χ0) is 15.7. The van der Waals surface area contributed by atoms with Crippen molar-refractivity contribution in [1.82, 2.24) is 10.2 Å². The molecular formula is C16H13N3O3. The molecule has 22 heavy (non-hydrogen) atoms. The predicted octanol–water partition coefficient (Wildman–Crippen LogP) is 2.12. The summed E-state index contributed by atoms with van der Waals surface area (Å²) in [7, 11) is 0. The Labute approximate surface area is 126 Å². The van der Waals surface area contributed by atoms with Crippen molar-refractivity contribution in [3.8, 4) is 6.07 Å². The van der Waals surface area contributed by atoms with E-state index in [1.165, 1.54) is 6.26 Å². The molecule has 1 atom stereocenters. The Morgan fingerprint density at radius 2 is 2.14 bits per heavy atom.